The van der Waals surface area contributed by atoms with Crippen molar-refractivity contribution in [3.63, 3.8) is 0 Å². The van der Waals surface area contributed by atoms with Crippen molar-refractivity contribution in [1.29, 1.82) is 0 Å². The van der Waals surface area contributed by atoms with Gasteiger partial charge in [0.2, 0.25) is 0 Å². The van der Waals surface area contributed by atoms with Crippen molar-refractivity contribution in [2.75, 3.05) is 12.4 Å². The number of methoxy groups -OCH3 is 1. The van der Waals surface area contributed by atoms with Gasteiger partial charge >= 0.3 is 5.97 Å². The maximum atomic E-state index is 12.2. The zero-order valence-electron chi connectivity index (χ0n) is 13.7. The number of ether oxygens (including phenoxy) is 2. The van der Waals surface area contributed by atoms with E-state index in [1.165, 1.54) is 20.1 Å². The molecule has 0 aliphatic rings. The van der Waals surface area contributed by atoms with E-state index in [0.29, 0.717) is 27.0 Å². The summed E-state index contributed by atoms with van der Waals surface area (Å²) in [5, 5.41) is 3.35. The molecule has 25 heavy (non-hydrogen) atoms. The van der Waals surface area contributed by atoms with Crippen LogP contribution in [0.4, 0.5) is 5.69 Å². The Bertz CT molecular complexity index is 779. The number of nitrogens with one attached hydrogen (secondary N) is 1. The van der Waals surface area contributed by atoms with Gasteiger partial charge in [0.15, 0.2) is 6.10 Å². The van der Waals surface area contributed by atoms with Gasteiger partial charge in [-0.3, -0.25) is 9.59 Å². The van der Waals surface area contributed by atoms with E-state index in [-0.39, 0.29) is 6.42 Å². The van der Waals surface area contributed by atoms with Crippen molar-refractivity contribution < 1.29 is 19.1 Å². The predicted octanol–water partition coefficient (Wildman–Crippen LogP) is 4.11. The van der Waals surface area contributed by atoms with Crippen LogP contribution < -0.4 is 10.1 Å². The molecular formula is C18H17Cl2NO4. The van der Waals surface area contributed by atoms with Crippen molar-refractivity contribution in [3.8, 4) is 5.75 Å². The summed E-state index contributed by atoms with van der Waals surface area (Å²) < 4.78 is 10.4. The minimum absolute atomic E-state index is 0.00331. The summed E-state index contributed by atoms with van der Waals surface area (Å²) >= 11 is 11.8. The number of carbonyl (C=O) groups excluding carboxylic acids is 2. The van der Waals surface area contributed by atoms with Crippen LogP contribution >= 0.6 is 23.2 Å². The second kappa shape index (κ2) is 8.74. The van der Waals surface area contributed by atoms with Crippen LogP contribution in [0.3, 0.4) is 0 Å². The number of hydrogen-bond donors (Lipinski definition) is 1. The first-order chi connectivity index (χ1) is 11.9. The van der Waals surface area contributed by atoms with Gasteiger partial charge in [-0.05, 0) is 31.2 Å². The number of para-hydroxylation sites is 1. The van der Waals surface area contributed by atoms with E-state index in [0.717, 1.165) is 0 Å². The van der Waals surface area contributed by atoms with Crippen LogP contribution in [-0.2, 0) is 20.7 Å². The summed E-state index contributed by atoms with van der Waals surface area (Å²) in [6.07, 6.45) is -0.975. The summed E-state index contributed by atoms with van der Waals surface area (Å²) in [6.45, 7) is 1.49. The topological polar surface area (TPSA) is 64.6 Å². The SMILES string of the molecule is COc1ccccc1CC(=O)O[C@@H](C)C(=O)Nc1ccc(Cl)cc1Cl. The van der Waals surface area contributed by atoms with Crippen LogP contribution in [0.5, 0.6) is 5.75 Å². The normalized spacial score (nSPS) is 11.5. The summed E-state index contributed by atoms with van der Waals surface area (Å²) in [4.78, 5) is 24.2. The van der Waals surface area contributed by atoms with Crippen molar-refractivity contribution in [3.05, 3.63) is 58.1 Å². The van der Waals surface area contributed by atoms with Gasteiger partial charge in [-0.15, -0.1) is 0 Å². The fourth-order valence-corrected chi connectivity index (χ4v) is 2.58. The molecule has 2 aromatic carbocycles. The Hall–Kier alpha value is -2.24. The van der Waals surface area contributed by atoms with Gasteiger partial charge in [-0.1, -0.05) is 41.4 Å². The third-order valence-corrected chi connectivity index (χ3v) is 3.94. The minimum atomic E-state index is -0.978. The largest absolute Gasteiger partial charge is 0.496 e. The van der Waals surface area contributed by atoms with Crippen LogP contribution in [0.15, 0.2) is 42.5 Å². The number of halogens is 2. The molecule has 0 aliphatic carbocycles. The number of amides is 1. The number of hydrogen-bond acceptors (Lipinski definition) is 4. The lowest BCUT2D eigenvalue weighted by Crippen LogP contribution is -2.30. The zero-order valence-corrected chi connectivity index (χ0v) is 15.2. The number of benzene rings is 2. The van der Waals surface area contributed by atoms with Gasteiger partial charge in [-0.25, -0.2) is 0 Å². The quantitative estimate of drug-likeness (QED) is 0.764. The molecule has 0 spiro atoms. The standard InChI is InChI=1S/C18H17Cl2NO4/c1-11(18(23)21-15-8-7-13(19)10-14(15)20)25-17(22)9-12-5-3-4-6-16(12)24-2/h3-8,10-11H,9H2,1-2H3,(H,21,23)/t11-/m0/s1. The van der Waals surface area contributed by atoms with Gasteiger partial charge in [0.1, 0.15) is 5.75 Å². The zero-order chi connectivity index (χ0) is 18.4. The van der Waals surface area contributed by atoms with Crippen LogP contribution in [0.25, 0.3) is 0 Å². The first-order valence-electron chi connectivity index (χ1n) is 7.48. The third-order valence-electron chi connectivity index (χ3n) is 3.39. The first-order valence-corrected chi connectivity index (χ1v) is 8.23. The lowest BCUT2D eigenvalue weighted by Gasteiger charge is -2.15. The number of rotatable bonds is 6. The molecule has 0 saturated carbocycles. The molecule has 0 radical (unpaired) electrons. The van der Waals surface area contributed by atoms with Crippen molar-refractivity contribution in [1.82, 2.24) is 0 Å². The molecule has 0 bridgehead atoms. The second-order valence-electron chi connectivity index (χ2n) is 5.23. The number of carbonyl (C=O) groups is 2. The van der Waals surface area contributed by atoms with E-state index in [4.69, 9.17) is 32.7 Å². The lowest BCUT2D eigenvalue weighted by atomic mass is 10.1. The van der Waals surface area contributed by atoms with Gasteiger partial charge in [0.05, 0.1) is 24.2 Å². The highest BCUT2D eigenvalue weighted by Crippen LogP contribution is 2.25. The van der Waals surface area contributed by atoms with E-state index in [1.54, 1.807) is 36.4 Å². The number of esters is 1. The Morgan fingerprint density at radius 1 is 1.16 bits per heavy atom. The van der Waals surface area contributed by atoms with Crippen LogP contribution in [0.2, 0.25) is 10.0 Å². The maximum absolute atomic E-state index is 12.2. The van der Waals surface area contributed by atoms with Crippen LogP contribution in [0.1, 0.15) is 12.5 Å². The fraction of sp³-hybridized carbons (Fsp3) is 0.222. The van der Waals surface area contributed by atoms with Crippen molar-refractivity contribution >= 4 is 40.8 Å². The van der Waals surface area contributed by atoms with Crippen molar-refractivity contribution in [2.45, 2.75) is 19.4 Å². The van der Waals surface area contributed by atoms with E-state index in [2.05, 4.69) is 5.32 Å². The smallest absolute Gasteiger partial charge is 0.311 e. The Kier molecular flexibility index (Phi) is 6.67. The Balaban J connectivity index is 1.95. The van der Waals surface area contributed by atoms with Gasteiger partial charge in [0.25, 0.3) is 5.91 Å². The molecule has 0 fully saturated rings. The van der Waals surface area contributed by atoms with Crippen molar-refractivity contribution in [2.24, 2.45) is 0 Å². The average Bonchev–Trinajstić information content (AvgIpc) is 2.57. The molecule has 1 amide bonds. The summed E-state index contributed by atoms with van der Waals surface area (Å²) in [5.41, 5.74) is 1.08. The summed E-state index contributed by atoms with van der Waals surface area (Å²) in [6, 6.07) is 11.8. The summed E-state index contributed by atoms with van der Waals surface area (Å²) in [7, 11) is 1.52. The molecular weight excluding hydrogens is 365 g/mol. The molecule has 2 aromatic rings. The van der Waals surface area contributed by atoms with Gasteiger partial charge < -0.3 is 14.8 Å². The van der Waals surface area contributed by atoms with E-state index >= 15 is 0 Å². The molecule has 7 heteroatoms. The van der Waals surface area contributed by atoms with Crippen LogP contribution in [-0.4, -0.2) is 25.1 Å². The molecule has 0 unspecified atom stereocenters. The molecule has 0 heterocycles. The molecule has 0 saturated heterocycles. The molecule has 5 nitrogen and oxygen atoms in total. The number of anilines is 1. The van der Waals surface area contributed by atoms with Crippen LogP contribution in [0, 0.1) is 0 Å². The third kappa shape index (κ3) is 5.37. The van der Waals surface area contributed by atoms with E-state index in [1.807, 2.05) is 0 Å². The van der Waals surface area contributed by atoms with Gasteiger partial charge in [0, 0.05) is 10.6 Å². The van der Waals surface area contributed by atoms with Gasteiger partial charge in [-0.2, -0.15) is 0 Å². The summed E-state index contributed by atoms with van der Waals surface area (Å²) in [5.74, 6) is -0.434. The first kappa shape index (κ1) is 19.1. The maximum Gasteiger partial charge on any atom is 0.311 e. The molecule has 0 aliphatic heterocycles. The minimum Gasteiger partial charge on any atom is -0.496 e. The Labute approximate surface area is 155 Å². The average molecular weight is 382 g/mol. The molecule has 2 rings (SSSR count). The fourth-order valence-electron chi connectivity index (χ4n) is 2.12. The Morgan fingerprint density at radius 2 is 1.88 bits per heavy atom. The van der Waals surface area contributed by atoms with E-state index in [9.17, 15) is 9.59 Å². The molecule has 132 valence electrons. The predicted molar refractivity (Wildman–Crippen MR) is 97.3 cm³/mol. The molecule has 0 aromatic heterocycles. The molecule has 1 N–H and O–H groups in total. The van der Waals surface area contributed by atoms with E-state index < -0.39 is 18.0 Å². The highest BCUT2D eigenvalue weighted by molar-refractivity contribution is 6.36. The monoisotopic (exact) mass is 381 g/mol. The Morgan fingerprint density at radius 3 is 2.56 bits per heavy atom. The second-order valence-corrected chi connectivity index (χ2v) is 6.08. The highest BCUT2D eigenvalue weighted by Gasteiger charge is 2.20. The lowest BCUT2D eigenvalue weighted by molar-refractivity contribution is -0.152. The molecule has 1 atom stereocenters. The highest BCUT2D eigenvalue weighted by atomic mass is 35.5.